The number of carbonyl (C=O) groups excluding carboxylic acids is 2. The van der Waals surface area contributed by atoms with Gasteiger partial charge in [0.15, 0.2) is 5.60 Å². The number of unbranched alkanes of at least 4 members (excludes halogenated alkanes) is 1. The zero-order valence-corrected chi connectivity index (χ0v) is 16.9. The van der Waals surface area contributed by atoms with Gasteiger partial charge in [-0.05, 0) is 36.6 Å². The van der Waals surface area contributed by atoms with Crippen LogP contribution < -0.4 is 4.74 Å². The van der Waals surface area contributed by atoms with Gasteiger partial charge in [-0.3, -0.25) is 4.79 Å². The quantitative estimate of drug-likeness (QED) is 0.486. The molecule has 1 aromatic rings. The summed E-state index contributed by atoms with van der Waals surface area (Å²) in [5, 5.41) is 9.82. The summed E-state index contributed by atoms with van der Waals surface area (Å²) in [6.45, 7) is 3.48. The normalized spacial score (nSPS) is 21.4. The molecule has 0 spiro atoms. The number of aliphatic hydroxyl groups excluding tert-OH is 1. The Morgan fingerprint density at radius 1 is 1.32 bits per heavy atom. The van der Waals surface area contributed by atoms with Crippen molar-refractivity contribution >= 4 is 18.0 Å². The summed E-state index contributed by atoms with van der Waals surface area (Å²) in [7, 11) is 1.59. The minimum absolute atomic E-state index is 0.142. The van der Waals surface area contributed by atoms with Crippen LogP contribution in [0.4, 0.5) is 0 Å². The predicted molar refractivity (Wildman–Crippen MR) is 106 cm³/mol. The van der Waals surface area contributed by atoms with Crippen molar-refractivity contribution in [3.8, 4) is 5.75 Å². The van der Waals surface area contributed by atoms with Crippen LogP contribution in [-0.2, 0) is 19.1 Å². The minimum atomic E-state index is -1.21. The Hall–Kier alpha value is -2.34. The first-order valence-corrected chi connectivity index (χ1v) is 9.82. The Morgan fingerprint density at radius 3 is 2.61 bits per heavy atom. The van der Waals surface area contributed by atoms with Crippen molar-refractivity contribution in [1.82, 2.24) is 0 Å². The van der Waals surface area contributed by atoms with Gasteiger partial charge in [0.2, 0.25) is 0 Å². The van der Waals surface area contributed by atoms with E-state index in [0.717, 1.165) is 30.6 Å². The Balaban J connectivity index is 2.04. The second-order valence-electron chi connectivity index (χ2n) is 7.21. The maximum absolute atomic E-state index is 12.3. The lowest BCUT2D eigenvalue weighted by Gasteiger charge is -2.25. The summed E-state index contributed by atoms with van der Waals surface area (Å²) in [6, 6.07) is 7.26. The highest BCUT2D eigenvalue weighted by atomic mass is 16.6. The van der Waals surface area contributed by atoms with E-state index in [1.807, 2.05) is 19.1 Å². The molecule has 0 amide bonds. The third kappa shape index (κ3) is 5.58. The number of hydrogen-bond acceptors (Lipinski definition) is 6. The molecule has 0 radical (unpaired) electrons. The van der Waals surface area contributed by atoms with Gasteiger partial charge in [-0.2, -0.15) is 0 Å². The van der Waals surface area contributed by atoms with Crippen molar-refractivity contribution in [3.05, 3.63) is 35.4 Å². The molecule has 2 rings (SSSR count). The van der Waals surface area contributed by atoms with Crippen molar-refractivity contribution in [2.45, 2.75) is 51.6 Å². The summed E-state index contributed by atoms with van der Waals surface area (Å²) in [5.41, 5.74) is 0.0473. The molecule has 6 nitrogen and oxygen atoms in total. The SMILES string of the molecule is CCCCC(CC)C(=O)OCC1(CO)C/C(=C/c2ccc(OC)cc2)C(=O)O1. The molecule has 0 aliphatic carbocycles. The van der Waals surface area contributed by atoms with Gasteiger partial charge in [-0.15, -0.1) is 0 Å². The molecule has 1 fully saturated rings. The van der Waals surface area contributed by atoms with Crippen LogP contribution in [0.15, 0.2) is 29.8 Å². The molecule has 1 N–H and O–H groups in total. The largest absolute Gasteiger partial charge is 0.497 e. The number of benzene rings is 1. The fourth-order valence-electron chi connectivity index (χ4n) is 3.20. The highest BCUT2D eigenvalue weighted by Crippen LogP contribution is 2.33. The Kier molecular flexibility index (Phi) is 8.05. The first kappa shape index (κ1) is 22.0. The summed E-state index contributed by atoms with van der Waals surface area (Å²) in [6.07, 6.45) is 5.36. The molecule has 0 saturated carbocycles. The van der Waals surface area contributed by atoms with Crippen LogP contribution in [0.3, 0.4) is 0 Å². The second-order valence-corrected chi connectivity index (χ2v) is 7.21. The van der Waals surface area contributed by atoms with Crippen LogP contribution in [0.2, 0.25) is 0 Å². The summed E-state index contributed by atoms with van der Waals surface area (Å²) in [4.78, 5) is 24.6. The number of esters is 2. The van der Waals surface area contributed by atoms with Gasteiger partial charge in [0, 0.05) is 12.0 Å². The molecule has 154 valence electrons. The number of methoxy groups -OCH3 is 1. The molecule has 1 aliphatic heterocycles. The molecular formula is C22H30O6. The number of cyclic esters (lactones) is 1. The molecule has 6 heteroatoms. The zero-order chi connectivity index (χ0) is 20.6. The lowest BCUT2D eigenvalue weighted by Crippen LogP contribution is -2.40. The molecule has 1 aliphatic rings. The number of rotatable bonds is 10. The molecule has 1 aromatic carbocycles. The summed E-state index contributed by atoms with van der Waals surface area (Å²) >= 11 is 0. The van der Waals surface area contributed by atoms with Crippen LogP contribution in [0.5, 0.6) is 5.75 Å². The maximum Gasteiger partial charge on any atom is 0.334 e. The second kappa shape index (κ2) is 10.3. The van der Waals surface area contributed by atoms with Crippen LogP contribution >= 0.6 is 0 Å². The minimum Gasteiger partial charge on any atom is -0.497 e. The van der Waals surface area contributed by atoms with Gasteiger partial charge in [-0.25, -0.2) is 4.79 Å². The van der Waals surface area contributed by atoms with Gasteiger partial charge in [-0.1, -0.05) is 38.8 Å². The van der Waals surface area contributed by atoms with E-state index in [4.69, 9.17) is 14.2 Å². The van der Waals surface area contributed by atoms with Crippen molar-refractivity contribution < 1.29 is 28.9 Å². The first-order chi connectivity index (χ1) is 13.5. The highest BCUT2D eigenvalue weighted by Gasteiger charge is 2.44. The molecule has 0 aromatic heterocycles. The van der Waals surface area contributed by atoms with Crippen molar-refractivity contribution in [3.63, 3.8) is 0 Å². The van der Waals surface area contributed by atoms with E-state index in [1.165, 1.54) is 0 Å². The third-order valence-corrected chi connectivity index (χ3v) is 5.04. The topological polar surface area (TPSA) is 82.1 Å². The lowest BCUT2D eigenvalue weighted by atomic mass is 9.97. The van der Waals surface area contributed by atoms with E-state index in [-0.39, 0.29) is 24.9 Å². The van der Waals surface area contributed by atoms with E-state index in [0.29, 0.717) is 12.0 Å². The van der Waals surface area contributed by atoms with E-state index < -0.39 is 18.2 Å². The predicted octanol–water partition coefficient (Wildman–Crippen LogP) is 3.52. The van der Waals surface area contributed by atoms with Gasteiger partial charge < -0.3 is 19.3 Å². The third-order valence-electron chi connectivity index (χ3n) is 5.04. The average molecular weight is 390 g/mol. The van der Waals surface area contributed by atoms with Crippen LogP contribution in [0, 0.1) is 5.92 Å². The van der Waals surface area contributed by atoms with E-state index >= 15 is 0 Å². The zero-order valence-electron chi connectivity index (χ0n) is 16.9. The lowest BCUT2D eigenvalue weighted by molar-refractivity contribution is -0.169. The Labute approximate surface area is 166 Å². The summed E-state index contributed by atoms with van der Waals surface area (Å²) in [5.74, 6) is -0.241. The highest BCUT2D eigenvalue weighted by molar-refractivity contribution is 5.96. The average Bonchev–Trinajstić information content (AvgIpc) is 3.03. The van der Waals surface area contributed by atoms with Gasteiger partial charge in [0.1, 0.15) is 12.4 Å². The molecule has 28 heavy (non-hydrogen) atoms. The number of hydrogen-bond donors (Lipinski definition) is 1. The Morgan fingerprint density at radius 2 is 2.04 bits per heavy atom. The fourth-order valence-corrected chi connectivity index (χ4v) is 3.20. The smallest absolute Gasteiger partial charge is 0.334 e. The molecule has 2 atom stereocenters. The molecule has 0 bridgehead atoms. The molecular weight excluding hydrogens is 360 g/mol. The van der Waals surface area contributed by atoms with E-state index in [2.05, 4.69) is 6.92 Å². The van der Waals surface area contributed by atoms with Crippen molar-refractivity contribution in [2.24, 2.45) is 5.92 Å². The van der Waals surface area contributed by atoms with E-state index in [1.54, 1.807) is 25.3 Å². The van der Waals surface area contributed by atoms with Gasteiger partial charge in [0.05, 0.1) is 19.6 Å². The van der Waals surface area contributed by atoms with Gasteiger partial charge >= 0.3 is 11.9 Å². The van der Waals surface area contributed by atoms with Gasteiger partial charge in [0.25, 0.3) is 0 Å². The van der Waals surface area contributed by atoms with Crippen LogP contribution in [0.25, 0.3) is 6.08 Å². The molecule has 1 heterocycles. The molecule has 1 saturated heterocycles. The maximum atomic E-state index is 12.3. The number of aliphatic hydroxyl groups is 1. The van der Waals surface area contributed by atoms with Crippen LogP contribution in [-0.4, -0.2) is 43.0 Å². The number of ether oxygens (including phenoxy) is 3. The standard InChI is InChI=1S/C22H30O6/c1-4-6-7-17(5-2)20(24)27-15-22(14-23)13-18(21(25)28-22)12-16-8-10-19(26-3)11-9-16/h8-12,17,23H,4-7,13-15H2,1-3H3/b18-12-. The monoisotopic (exact) mass is 390 g/mol. The molecule has 2 unspecified atom stereocenters. The van der Waals surface area contributed by atoms with Crippen LogP contribution in [0.1, 0.15) is 51.5 Å². The van der Waals surface area contributed by atoms with Crippen molar-refractivity contribution in [2.75, 3.05) is 20.3 Å². The fraction of sp³-hybridized carbons (Fsp3) is 0.545. The number of carbonyl (C=O) groups is 2. The van der Waals surface area contributed by atoms with E-state index in [9.17, 15) is 14.7 Å². The van der Waals surface area contributed by atoms with Crippen molar-refractivity contribution in [1.29, 1.82) is 0 Å². The summed E-state index contributed by atoms with van der Waals surface area (Å²) < 4.78 is 16.0. The first-order valence-electron chi connectivity index (χ1n) is 9.82. The Bertz CT molecular complexity index is 693.